The Bertz CT molecular complexity index is 635. The van der Waals surface area contributed by atoms with Gasteiger partial charge in [0.25, 0.3) is 0 Å². The van der Waals surface area contributed by atoms with Gasteiger partial charge in [0.1, 0.15) is 0 Å². The van der Waals surface area contributed by atoms with Gasteiger partial charge < -0.3 is 10.6 Å². The van der Waals surface area contributed by atoms with Crippen LogP contribution in [0.25, 0.3) is 10.8 Å². The number of halogens is 1. The highest BCUT2D eigenvalue weighted by Crippen LogP contribution is 2.23. The zero-order valence-electron chi connectivity index (χ0n) is 11.2. The Morgan fingerprint density at radius 2 is 2.00 bits per heavy atom. The second-order valence-corrected chi connectivity index (χ2v) is 6.15. The Kier molecular flexibility index (Phi) is 4.03. The minimum Gasteiger partial charge on any atom is -0.326 e. The molecule has 1 amide bonds. The summed E-state index contributed by atoms with van der Waals surface area (Å²) in [6, 6.07) is 12.2. The first-order valence-electron chi connectivity index (χ1n) is 6.93. The molecule has 2 aromatic rings. The number of carbonyl (C=O) groups excluding carboxylic acids is 1. The lowest BCUT2D eigenvalue weighted by molar-refractivity contribution is -0.120. The standard InChI is InChI=1S/C16H17BrN2O/c17-14-5-3-12-9-15(6-4-11(12)8-14)19-16(20)13-2-1-7-18-10-13/h3-6,8-9,13,18H,1-2,7,10H2,(H,19,20)/t13-/m0/s1. The maximum Gasteiger partial charge on any atom is 0.228 e. The Labute approximate surface area is 126 Å². The molecule has 104 valence electrons. The second kappa shape index (κ2) is 5.94. The quantitative estimate of drug-likeness (QED) is 0.883. The highest BCUT2D eigenvalue weighted by molar-refractivity contribution is 9.10. The van der Waals surface area contributed by atoms with Gasteiger partial charge in [-0.05, 0) is 54.4 Å². The Hall–Kier alpha value is -1.39. The molecule has 0 aromatic heterocycles. The van der Waals surface area contributed by atoms with Crippen molar-refractivity contribution in [3.8, 4) is 0 Å². The monoisotopic (exact) mass is 332 g/mol. The zero-order chi connectivity index (χ0) is 13.9. The van der Waals surface area contributed by atoms with E-state index in [-0.39, 0.29) is 11.8 Å². The maximum absolute atomic E-state index is 12.2. The first kappa shape index (κ1) is 13.6. The molecule has 0 aliphatic carbocycles. The summed E-state index contributed by atoms with van der Waals surface area (Å²) in [5, 5.41) is 8.59. The summed E-state index contributed by atoms with van der Waals surface area (Å²) in [6.07, 6.45) is 2.04. The van der Waals surface area contributed by atoms with Gasteiger partial charge in [-0.1, -0.05) is 28.1 Å². The van der Waals surface area contributed by atoms with Crippen LogP contribution in [-0.2, 0) is 4.79 Å². The Morgan fingerprint density at radius 3 is 2.80 bits per heavy atom. The summed E-state index contributed by atoms with van der Waals surface area (Å²) in [5.41, 5.74) is 0.871. The van der Waals surface area contributed by atoms with Crippen molar-refractivity contribution in [2.24, 2.45) is 5.92 Å². The van der Waals surface area contributed by atoms with Gasteiger partial charge in [0.2, 0.25) is 5.91 Å². The molecule has 0 bridgehead atoms. The van der Waals surface area contributed by atoms with Crippen LogP contribution in [-0.4, -0.2) is 19.0 Å². The average Bonchev–Trinajstić information content (AvgIpc) is 2.48. The molecule has 1 aliphatic rings. The Morgan fingerprint density at radius 1 is 1.20 bits per heavy atom. The number of nitrogens with one attached hydrogen (secondary N) is 2. The zero-order valence-corrected chi connectivity index (χ0v) is 12.7. The maximum atomic E-state index is 12.2. The van der Waals surface area contributed by atoms with Crippen molar-refractivity contribution in [3.63, 3.8) is 0 Å². The van der Waals surface area contributed by atoms with E-state index >= 15 is 0 Å². The smallest absolute Gasteiger partial charge is 0.228 e. The van der Waals surface area contributed by atoms with Crippen molar-refractivity contribution >= 4 is 38.3 Å². The third-order valence-electron chi connectivity index (χ3n) is 3.74. The van der Waals surface area contributed by atoms with Gasteiger partial charge in [0.15, 0.2) is 0 Å². The lowest BCUT2D eigenvalue weighted by atomic mass is 9.98. The van der Waals surface area contributed by atoms with E-state index < -0.39 is 0 Å². The molecule has 3 nitrogen and oxygen atoms in total. The molecule has 1 fully saturated rings. The number of piperidine rings is 1. The lowest BCUT2D eigenvalue weighted by Gasteiger charge is -2.22. The molecule has 1 saturated heterocycles. The van der Waals surface area contributed by atoms with Crippen LogP contribution in [0.4, 0.5) is 5.69 Å². The lowest BCUT2D eigenvalue weighted by Crippen LogP contribution is -2.37. The molecular formula is C16H17BrN2O. The number of benzene rings is 2. The third-order valence-corrected chi connectivity index (χ3v) is 4.23. The summed E-state index contributed by atoms with van der Waals surface area (Å²) in [7, 11) is 0. The SMILES string of the molecule is O=C(Nc1ccc2cc(Br)ccc2c1)[C@H]1CCCNC1. The number of amides is 1. The number of rotatable bonds is 2. The predicted molar refractivity (Wildman–Crippen MR) is 85.9 cm³/mol. The molecule has 0 saturated carbocycles. The predicted octanol–water partition coefficient (Wildman–Crippen LogP) is 3.54. The van der Waals surface area contributed by atoms with E-state index in [0.29, 0.717) is 0 Å². The first-order chi connectivity index (χ1) is 9.72. The summed E-state index contributed by atoms with van der Waals surface area (Å²) < 4.78 is 1.06. The number of hydrogen-bond donors (Lipinski definition) is 2. The van der Waals surface area contributed by atoms with Crippen LogP contribution in [0.1, 0.15) is 12.8 Å². The molecule has 1 heterocycles. The van der Waals surface area contributed by atoms with E-state index in [0.717, 1.165) is 46.9 Å². The van der Waals surface area contributed by atoms with Gasteiger partial charge in [-0.2, -0.15) is 0 Å². The van der Waals surface area contributed by atoms with Crippen molar-refractivity contribution in [2.75, 3.05) is 18.4 Å². The van der Waals surface area contributed by atoms with Crippen LogP contribution in [0.15, 0.2) is 40.9 Å². The number of hydrogen-bond acceptors (Lipinski definition) is 2. The van der Waals surface area contributed by atoms with Crippen molar-refractivity contribution in [2.45, 2.75) is 12.8 Å². The van der Waals surface area contributed by atoms with E-state index in [1.807, 2.05) is 24.3 Å². The van der Waals surface area contributed by atoms with Gasteiger partial charge in [-0.25, -0.2) is 0 Å². The molecule has 0 unspecified atom stereocenters. The van der Waals surface area contributed by atoms with Crippen LogP contribution >= 0.6 is 15.9 Å². The van der Waals surface area contributed by atoms with Gasteiger partial charge in [-0.3, -0.25) is 4.79 Å². The molecule has 2 N–H and O–H groups in total. The van der Waals surface area contributed by atoms with Crippen molar-refractivity contribution in [3.05, 3.63) is 40.9 Å². The third kappa shape index (κ3) is 3.02. The van der Waals surface area contributed by atoms with Gasteiger partial charge in [0, 0.05) is 16.7 Å². The summed E-state index contributed by atoms with van der Waals surface area (Å²) in [6.45, 7) is 1.81. The minimum atomic E-state index is 0.0874. The number of carbonyl (C=O) groups is 1. The number of fused-ring (bicyclic) bond motifs is 1. The topological polar surface area (TPSA) is 41.1 Å². The fourth-order valence-electron chi connectivity index (χ4n) is 2.61. The molecule has 0 radical (unpaired) electrons. The summed E-state index contributed by atoms with van der Waals surface area (Å²) >= 11 is 3.47. The van der Waals surface area contributed by atoms with Crippen LogP contribution < -0.4 is 10.6 Å². The summed E-state index contributed by atoms with van der Waals surface area (Å²) in [4.78, 5) is 12.2. The van der Waals surface area contributed by atoms with Crippen LogP contribution in [0.3, 0.4) is 0 Å². The molecule has 20 heavy (non-hydrogen) atoms. The first-order valence-corrected chi connectivity index (χ1v) is 7.72. The van der Waals surface area contributed by atoms with E-state index in [9.17, 15) is 4.79 Å². The van der Waals surface area contributed by atoms with Crippen LogP contribution in [0.2, 0.25) is 0 Å². The highest BCUT2D eigenvalue weighted by Gasteiger charge is 2.20. The van der Waals surface area contributed by atoms with Gasteiger partial charge in [0.05, 0.1) is 5.92 Å². The van der Waals surface area contributed by atoms with Crippen molar-refractivity contribution < 1.29 is 4.79 Å². The molecule has 0 spiro atoms. The normalized spacial score (nSPS) is 18.9. The molecule has 3 rings (SSSR count). The van der Waals surface area contributed by atoms with Gasteiger partial charge in [-0.15, -0.1) is 0 Å². The van der Waals surface area contributed by atoms with E-state index in [2.05, 4.69) is 38.7 Å². The molecular weight excluding hydrogens is 316 g/mol. The minimum absolute atomic E-state index is 0.0874. The van der Waals surface area contributed by atoms with E-state index in [4.69, 9.17) is 0 Å². The Balaban J connectivity index is 1.76. The van der Waals surface area contributed by atoms with Gasteiger partial charge >= 0.3 is 0 Å². The fraction of sp³-hybridized carbons (Fsp3) is 0.312. The van der Waals surface area contributed by atoms with E-state index in [1.165, 1.54) is 0 Å². The van der Waals surface area contributed by atoms with Crippen molar-refractivity contribution in [1.82, 2.24) is 5.32 Å². The number of anilines is 1. The second-order valence-electron chi connectivity index (χ2n) is 5.24. The molecule has 1 aliphatic heterocycles. The molecule has 4 heteroatoms. The largest absolute Gasteiger partial charge is 0.326 e. The highest BCUT2D eigenvalue weighted by atomic mass is 79.9. The fourth-order valence-corrected chi connectivity index (χ4v) is 2.99. The molecule has 1 atom stereocenters. The molecule has 2 aromatic carbocycles. The summed E-state index contributed by atoms with van der Waals surface area (Å²) in [5.74, 6) is 0.207. The van der Waals surface area contributed by atoms with Crippen LogP contribution in [0.5, 0.6) is 0 Å². The van der Waals surface area contributed by atoms with E-state index in [1.54, 1.807) is 0 Å². The van der Waals surface area contributed by atoms with Crippen molar-refractivity contribution in [1.29, 1.82) is 0 Å². The van der Waals surface area contributed by atoms with Crippen LogP contribution in [0, 0.1) is 5.92 Å². The average molecular weight is 333 g/mol.